The number of fused-ring (bicyclic) bond motifs is 4. The average molecular weight is 1600 g/mol. The van der Waals surface area contributed by atoms with Gasteiger partial charge in [-0.2, -0.15) is 0 Å². The van der Waals surface area contributed by atoms with Crippen molar-refractivity contribution >= 4 is 70.7 Å². The van der Waals surface area contributed by atoms with E-state index in [0.717, 1.165) is 49.0 Å². The predicted octanol–water partition coefficient (Wildman–Crippen LogP) is 32.0. The highest BCUT2D eigenvalue weighted by Gasteiger charge is 2.21. The molecule has 0 bridgehead atoms. The molecule has 0 N–H and O–H groups in total. The highest BCUT2D eigenvalue weighted by Crippen LogP contribution is 2.48. The Morgan fingerprint density at radius 1 is 0.215 bits per heavy atom. The van der Waals surface area contributed by atoms with Crippen LogP contribution >= 0.6 is 15.9 Å². The van der Waals surface area contributed by atoms with Crippen LogP contribution in [0.4, 0.5) is 0 Å². The Kier molecular flexibility index (Phi) is 22.4. The molecule has 0 aliphatic carbocycles. The Balaban J connectivity index is 0.000000174. The maximum absolute atomic E-state index is 3.95. The van der Waals surface area contributed by atoms with Crippen LogP contribution in [0.2, 0.25) is 0 Å². The molecule has 0 nitrogen and oxygen atoms in total. The standard InChI is InChI=1S/C70H48.C50H33Br/c1-3-4-7-16-50-27-33-53(34-28-50)55-39-43-57(44-40-55)62-46-61(56-41-37-54(38-42-56)52-31-25-49(2)26-32-52)47-63(48-62)70-66-23-14-12-21-64(66)69(65-22-13-15-24-67(65)70)60-35-29-51(30-36-60)45-68(58-17-8-5-9-18-58)59-19-10-6-11-20-59;1-3-4-5-10-35-17-21-37(22-18-35)39-25-29-41(30-26-39)43-31-42(40-27-23-38(24-28-40)36-19-15-34(2)16-20-36)32-44(33-43)49-45-11-6-8-13-47(45)50(51)48-14-9-7-12-46(48)49/h5-6,8-15,17-48H,1-2H3;6-9,11-33H,1-2H3. The molecule has 0 aromatic heterocycles. The first-order chi connectivity index (χ1) is 59.6. The van der Waals surface area contributed by atoms with Gasteiger partial charge in [0.15, 0.2) is 0 Å². The summed E-state index contributed by atoms with van der Waals surface area (Å²) in [5.41, 5.74) is 35.3. The van der Waals surface area contributed by atoms with Crippen LogP contribution < -0.4 is 0 Å². The third kappa shape index (κ3) is 16.8. The van der Waals surface area contributed by atoms with Crippen molar-refractivity contribution in [3.05, 3.63) is 456 Å². The summed E-state index contributed by atoms with van der Waals surface area (Å²) < 4.78 is 1.13. The molecule has 121 heavy (non-hydrogen) atoms. The number of rotatable bonds is 14. The normalized spacial score (nSPS) is 10.8. The van der Waals surface area contributed by atoms with Gasteiger partial charge in [0.05, 0.1) is 0 Å². The molecule has 568 valence electrons. The summed E-state index contributed by atoms with van der Waals surface area (Å²) >= 11 is 3.95. The van der Waals surface area contributed by atoms with E-state index >= 15 is 0 Å². The van der Waals surface area contributed by atoms with Gasteiger partial charge < -0.3 is 0 Å². The maximum atomic E-state index is 3.95. The molecule has 0 spiro atoms. The van der Waals surface area contributed by atoms with Gasteiger partial charge in [0.1, 0.15) is 0 Å². The third-order valence-corrected chi connectivity index (χ3v) is 23.6. The monoisotopic (exact) mass is 1600 g/mol. The molecule has 19 rings (SSSR count). The lowest BCUT2D eigenvalue weighted by Gasteiger charge is -2.19. The van der Waals surface area contributed by atoms with E-state index in [-0.39, 0.29) is 0 Å². The van der Waals surface area contributed by atoms with Gasteiger partial charge in [0.2, 0.25) is 0 Å². The van der Waals surface area contributed by atoms with Crippen molar-refractivity contribution in [2.45, 2.75) is 27.7 Å². The van der Waals surface area contributed by atoms with Gasteiger partial charge in [-0.25, -0.2) is 0 Å². The van der Waals surface area contributed by atoms with Crippen LogP contribution in [0.25, 0.3) is 177 Å². The van der Waals surface area contributed by atoms with Crippen molar-refractivity contribution in [1.29, 1.82) is 0 Å². The van der Waals surface area contributed by atoms with E-state index in [2.05, 4.69) is 496 Å². The van der Waals surface area contributed by atoms with Crippen LogP contribution in [0.1, 0.15) is 52.8 Å². The van der Waals surface area contributed by atoms with Crippen molar-refractivity contribution in [1.82, 2.24) is 0 Å². The van der Waals surface area contributed by atoms with Crippen LogP contribution in [-0.2, 0) is 0 Å². The predicted molar refractivity (Wildman–Crippen MR) is 520 cm³/mol. The summed E-state index contributed by atoms with van der Waals surface area (Å²) in [5, 5.41) is 9.76. The lowest BCUT2D eigenvalue weighted by Crippen LogP contribution is -1.93. The molecule has 0 saturated heterocycles. The summed E-state index contributed by atoms with van der Waals surface area (Å²) in [7, 11) is 0. The topological polar surface area (TPSA) is 0 Å². The van der Waals surface area contributed by atoms with Crippen LogP contribution in [0.5, 0.6) is 0 Å². The first-order valence-corrected chi connectivity index (χ1v) is 41.8. The number of benzene rings is 19. The Hall–Kier alpha value is -15.3. The van der Waals surface area contributed by atoms with Crippen molar-refractivity contribution in [2.75, 3.05) is 0 Å². The molecular formula is C120H81Br. The summed E-state index contributed by atoms with van der Waals surface area (Å²) in [5.74, 6) is 23.3. The SMILES string of the molecule is CC#CC#Cc1ccc(-c2ccc(-c3cc(-c4ccc(-c5ccc(C)cc5)cc4)cc(-c4c5ccccc5c(-c5ccc(C=C(c6ccccc6)c6ccccc6)cc5)c5ccccc45)c3)cc2)cc1.CC#CC#Cc1ccc(-c2ccc(-c3cc(-c4ccc(-c5ccc(C)cc5)cc4)cc(-c4c5ccccc5c(Br)c5ccccc45)c3)cc2)cc1. The van der Waals surface area contributed by atoms with E-state index in [4.69, 9.17) is 0 Å². The first kappa shape index (κ1) is 76.9. The van der Waals surface area contributed by atoms with Gasteiger partial charge in [-0.3, -0.25) is 0 Å². The van der Waals surface area contributed by atoms with E-state index in [9.17, 15) is 0 Å². The zero-order valence-electron chi connectivity index (χ0n) is 67.7. The lowest BCUT2D eigenvalue weighted by atomic mass is 9.84. The van der Waals surface area contributed by atoms with Crippen molar-refractivity contribution in [3.63, 3.8) is 0 Å². The van der Waals surface area contributed by atoms with E-state index in [1.54, 1.807) is 13.8 Å². The molecule has 0 atom stereocenters. The fourth-order valence-corrected chi connectivity index (χ4v) is 17.3. The summed E-state index contributed by atoms with van der Waals surface area (Å²) in [6.45, 7) is 7.86. The highest BCUT2D eigenvalue weighted by atomic mass is 79.9. The zero-order chi connectivity index (χ0) is 82.0. The Bertz CT molecular complexity index is 7220. The van der Waals surface area contributed by atoms with E-state index in [0.29, 0.717) is 0 Å². The summed E-state index contributed by atoms with van der Waals surface area (Å²) in [4.78, 5) is 0. The molecule has 0 heterocycles. The maximum Gasteiger partial charge on any atom is 0.0332 e. The quantitative estimate of drug-likeness (QED) is 0.0578. The van der Waals surface area contributed by atoms with Crippen LogP contribution in [0, 0.1) is 61.2 Å². The van der Waals surface area contributed by atoms with Crippen molar-refractivity contribution in [3.8, 4) is 170 Å². The number of hydrogen-bond acceptors (Lipinski definition) is 0. The molecule has 0 amide bonds. The second kappa shape index (κ2) is 35.2. The Morgan fingerprint density at radius 2 is 0.438 bits per heavy atom. The number of halogens is 1. The molecule has 19 aromatic rings. The van der Waals surface area contributed by atoms with Gasteiger partial charge in [-0.1, -0.05) is 387 Å². The molecule has 19 aromatic carbocycles. The minimum Gasteiger partial charge on any atom is -0.0925 e. The fraction of sp³-hybridized carbons (Fsp3) is 0.0333. The summed E-state index contributed by atoms with van der Waals surface area (Å²) in [6.07, 6.45) is 2.31. The van der Waals surface area contributed by atoms with Gasteiger partial charge >= 0.3 is 0 Å². The molecule has 0 aliphatic rings. The Morgan fingerprint density at radius 3 is 0.727 bits per heavy atom. The smallest absolute Gasteiger partial charge is 0.0332 e. The first-order valence-electron chi connectivity index (χ1n) is 41.0. The van der Waals surface area contributed by atoms with Gasteiger partial charge in [0, 0.05) is 15.6 Å². The van der Waals surface area contributed by atoms with Crippen LogP contribution in [0.3, 0.4) is 0 Å². The average Bonchev–Trinajstić information content (AvgIpc) is 0.732. The minimum absolute atomic E-state index is 0.954. The van der Waals surface area contributed by atoms with Gasteiger partial charge in [0.25, 0.3) is 0 Å². The molecule has 0 fully saturated rings. The lowest BCUT2D eigenvalue weighted by molar-refractivity contribution is 1.47. The van der Waals surface area contributed by atoms with Crippen LogP contribution in [0.15, 0.2) is 417 Å². The molecule has 0 aliphatic heterocycles. The second-order valence-electron chi connectivity index (χ2n) is 30.6. The molecule has 0 unspecified atom stereocenters. The highest BCUT2D eigenvalue weighted by molar-refractivity contribution is 9.10. The van der Waals surface area contributed by atoms with Gasteiger partial charge in [-0.15, -0.1) is 0 Å². The summed E-state index contributed by atoms with van der Waals surface area (Å²) in [6, 6.07) is 150. The van der Waals surface area contributed by atoms with Crippen molar-refractivity contribution in [2.24, 2.45) is 0 Å². The zero-order valence-corrected chi connectivity index (χ0v) is 69.3. The second-order valence-corrected chi connectivity index (χ2v) is 31.4. The minimum atomic E-state index is 0.954. The molecular weight excluding hydrogens is 1520 g/mol. The number of aryl methyl sites for hydroxylation is 2. The fourth-order valence-electron chi connectivity index (χ4n) is 16.6. The molecule has 1 heteroatoms. The van der Waals surface area contributed by atoms with E-state index in [1.165, 1.54) is 165 Å². The van der Waals surface area contributed by atoms with Crippen molar-refractivity contribution < 1.29 is 0 Å². The van der Waals surface area contributed by atoms with E-state index < -0.39 is 0 Å². The Labute approximate surface area is 718 Å². The molecule has 0 saturated carbocycles. The third-order valence-electron chi connectivity index (χ3n) is 22.8. The largest absolute Gasteiger partial charge is 0.0925 e. The van der Waals surface area contributed by atoms with E-state index in [1.807, 2.05) is 0 Å². The van der Waals surface area contributed by atoms with Gasteiger partial charge in [-0.05, 0) is 322 Å². The van der Waals surface area contributed by atoms with Crippen LogP contribution in [-0.4, -0.2) is 0 Å². The molecule has 0 radical (unpaired) electrons. The number of hydrogen-bond donors (Lipinski definition) is 0.